The lowest BCUT2D eigenvalue weighted by Crippen LogP contribution is -2.10. The van der Waals surface area contributed by atoms with Gasteiger partial charge < -0.3 is 28.7 Å². The lowest BCUT2D eigenvalue weighted by molar-refractivity contribution is -0.385. The summed E-state index contributed by atoms with van der Waals surface area (Å²) in [5, 5.41) is 47.8. The van der Waals surface area contributed by atoms with E-state index < -0.39 is 61.7 Å². The minimum Gasteiger partial charge on any atom is -0.399 e. The Kier molecular flexibility index (Phi) is 22.9. The van der Waals surface area contributed by atoms with Gasteiger partial charge in [0.05, 0.1) is 85.5 Å². The Labute approximate surface area is 479 Å². The van der Waals surface area contributed by atoms with Crippen LogP contribution in [0, 0.1) is 44.2 Å². The first-order valence-corrected chi connectivity index (χ1v) is 28.9. The highest BCUT2D eigenvalue weighted by molar-refractivity contribution is 7.92. The van der Waals surface area contributed by atoms with Gasteiger partial charge in [-0.2, -0.15) is 33.6 Å². The molecular weight excluding hydrogens is 1160 g/mol. The largest absolute Gasteiger partial charge is 0.416 e. The molecule has 440 valence electrons. The van der Waals surface area contributed by atoms with Crippen LogP contribution in [-0.4, -0.2) is 52.0 Å². The van der Waals surface area contributed by atoms with Crippen LogP contribution in [0.2, 0.25) is 0 Å². The van der Waals surface area contributed by atoms with E-state index in [9.17, 15) is 68.8 Å². The smallest absolute Gasteiger partial charge is 0.399 e. The average molecular weight is 1220 g/mol. The maximum absolute atomic E-state index is 12.5. The number of anilines is 5. The van der Waals surface area contributed by atoms with Crippen molar-refractivity contribution in [2.24, 2.45) is 20.5 Å². The third-order valence-electron chi connectivity index (χ3n) is 11.1. The van der Waals surface area contributed by atoms with E-state index in [1.165, 1.54) is 61.5 Å². The summed E-state index contributed by atoms with van der Waals surface area (Å²) >= 11 is 0. The zero-order valence-electron chi connectivity index (χ0n) is 44.7. The van der Waals surface area contributed by atoms with Gasteiger partial charge in [-0.25, -0.2) is 25.3 Å². The zero-order chi connectivity index (χ0) is 62.7. The summed E-state index contributed by atoms with van der Waals surface area (Å²) in [4.78, 5) is 28.9. The molecular formula is C54H53F3N12O12S3. The first-order valence-electron chi connectivity index (χ1n) is 23.9. The Bertz CT molecular complexity index is 4070. The molecule has 0 saturated carbocycles. The fourth-order valence-corrected chi connectivity index (χ4v) is 9.87. The highest BCUT2D eigenvalue weighted by Gasteiger charge is 2.32. The summed E-state index contributed by atoms with van der Waals surface area (Å²) in [6, 6.07) is 43.2. The molecule has 30 heteroatoms. The van der Waals surface area contributed by atoms with Crippen LogP contribution in [0.25, 0.3) is 0 Å². The molecule has 0 aliphatic heterocycles. The first kappa shape index (κ1) is 66.3. The van der Waals surface area contributed by atoms with E-state index in [4.69, 9.17) is 28.7 Å². The number of rotatable bonds is 12. The monoisotopic (exact) mass is 1210 g/mol. The van der Waals surface area contributed by atoms with Gasteiger partial charge in [-0.3, -0.25) is 30.3 Å². The van der Waals surface area contributed by atoms with Crippen LogP contribution in [-0.2, 0) is 35.7 Å². The number of hydrogen-bond donors (Lipinski definition) is 5. The fraction of sp³-hybridized carbons (Fsp3) is 0.111. The number of nitrogens with zero attached hydrogens (tertiary/aromatic N) is 7. The van der Waals surface area contributed by atoms with Gasteiger partial charge in [-0.05, 0) is 116 Å². The Morgan fingerprint density at radius 3 is 1.39 bits per heavy atom. The van der Waals surface area contributed by atoms with Crippen molar-refractivity contribution >= 4 is 97.8 Å². The number of sulfone groups is 3. The Hall–Kier alpha value is -10.2. The van der Waals surface area contributed by atoms with Crippen LogP contribution < -0.4 is 28.7 Å². The summed E-state index contributed by atoms with van der Waals surface area (Å²) in [6.07, 6.45) is -3.62. The molecule has 0 radical (unpaired) electrons. The molecule has 0 aliphatic rings. The minimum atomic E-state index is -4.57. The van der Waals surface area contributed by atoms with Gasteiger partial charge >= 0.3 is 6.18 Å². The average Bonchev–Trinajstić information content (AvgIpc) is 2.65. The molecule has 8 aromatic carbocycles. The second-order valence-corrected chi connectivity index (χ2v) is 23.4. The highest BCUT2D eigenvalue weighted by Crippen LogP contribution is 2.35. The summed E-state index contributed by atoms with van der Waals surface area (Å²) < 4.78 is 107. The Morgan fingerprint density at radius 2 is 0.929 bits per heavy atom. The molecule has 0 saturated heterocycles. The van der Waals surface area contributed by atoms with Gasteiger partial charge in [-0.15, -0.1) is 0 Å². The molecule has 84 heavy (non-hydrogen) atoms. The number of hydrogen-bond acceptors (Lipinski definition) is 21. The summed E-state index contributed by atoms with van der Waals surface area (Å²) in [5.41, 5.74) is 31.2. The van der Waals surface area contributed by atoms with E-state index >= 15 is 0 Å². The molecule has 0 aromatic heterocycles. The van der Waals surface area contributed by atoms with E-state index in [0.29, 0.717) is 23.5 Å². The number of nitro benzene ring substituents is 3. The van der Waals surface area contributed by atoms with E-state index in [-0.39, 0.29) is 59.5 Å². The van der Waals surface area contributed by atoms with Crippen molar-refractivity contribution in [2.45, 2.75) is 46.5 Å². The van der Waals surface area contributed by atoms with Crippen LogP contribution in [0.3, 0.4) is 0 Å². The van der Waals surface area contributed by atoms with Gasteiger partial charge in [0.2, 0.25) is 9.84 Å². The first-order chi connectivity index (χ1) is 39.3. The number of nitrogen functional groups attached to an aromatic ring is 5. The maximum Gasteiger partial charge on any atom is 0.416 e. The number of halogens is 3. The molecule has 0 amide bonds. The molecule has 0 heterocycles. The quantitative estimate of drug-likeness (QED) is 0.0328. The molecule has 0 atom stereocenters. The van der Waals surface area contributed by atoms with Gasteiger partial charge in [0.15, 0.2) is 19.7 Å². The molecule has 0 aliphatic carbocycles. The number of aryl methyl sites for hydroxylation is 2. The normalized spacial score (nSPS) is 11.3. The van der Waals surface area contributed by atoms with Gasteiger partial charge in [0.25, 0.3) is 17.1 Å². The van der Waals surface area contributed by atoms with Gasteiger partial charge in [0, 0.05) is 42.3 Å². The van der Waals surface area contributed by atoms with Crippen molar-refractivity contribution in [1.29, 1.82) is 0 Å². The SMILES string of the molecule is CCS(=O)(=O)c1cc([N+](=O)[O-])ccc1N.CS(=O)(=O)c1cc([N+](=O)[O-])ccc1N.Cc1cc(N=Nc2ccccc2)c(C)cc1N.Nc1cc(C(F)(F)F)ccc1S(=O)(=O)c1ccccc1.Nc1ccc(N=Nc2ccccc2)cc1[N+](=O)[O-]. The van der Waals surface area contributed by atoms with Gasteiger partial charge in [-0.1, -0.05) is 61.5 Å². The lowest BCUT2D eigenvalue weighted by atomic mass is 10.1. The van der Waals surface area contributed by atoms with Crippen molar-refractivity contribution in [1.82, 2.24) is 0 Å². The van der Waals surface area contributed by atoms with Crippen LogP contribution in [0.15, 0.2) is 216 Å². The van der Waals surface area contributed by atoms with Crippen LogP contribution in [0.5, 0.6) is 0 Å². The van der Waals surface area contributed by atoms with Crippen LogP contribution in [0.4, 0.5) is 81.4 Å². The van der Waals surface area contributed by atoms with Crippen molar-refractivity contribution in [2.75, 3.05) is 40.7 Å². The van der Waals surface area contributed by atoms with E-state index in [2.05, 4.69) is 20.5 Å². The van der Waals surface area contributed by atoms with E-state index in [1.807, 2.05) is 74.5 Å². The number of azo groups is 2. The van der Waals surface area contributed by atoms with Crippen molar-refractivity contribution < 1.29 is 53.2 Å². The lowest BCUT2D eigenvalue weighted by Gasteiger charge is -2.11. The van der Waals surface area contributed by atoms with Crippen molar-refractivity contribution in [3.8, 4) is 0 Å². The van der Waals surface area contributed by atoms with E-state index in [1.54, 1.807) is 24.3 Å². The number of benzene rings is 8. The molecule has 24 nitrogen and oxygen atoms in total. The number of nitrogens with two attached hydrogens (primary N) is 5. The summed E-state index contributed by atoms with van der Waals surface area (Å²) in [7, 11) is -11.0. The molecule has 8 aromatic rings. The Morgan fingerprint density at radius 1 is 0.464 bits per heavy atom. The highest BCUT2D eigenvalue weighted by atomic mass is 32.2. The van der Waals surface area contributed by atoms with Gasteiger partial charge in [0.1, 0.15) is 5.69 Å². The Balaban J connectivity index is 0.000000227. The second-order valence-electron chi connectivity index (χ2n) is 17.3. The number of alkyl halides is 3. The fourth-order valence-electron chi connectivity index (χ4n) is 6.62. The van der Waals surface area contributed by atoms with Crippen molar-refractivity contribution in [3.63, 3.8) is 0 Å². The third-order valence-corrected chi connectivity index (χ3v) is 15.9. The molecule has 0 unspecified atom stereocenters. The van der Waals surface area contributed by atoms with E-state index in [0.717, 1.165) is 58.7 Å². The predicted octanol–water partition coefficient (Wildman–Crippen LogP) is 12.6. The summed E-state index contributed by atoms with van der Waals surface area (Å²) in [5.74, 6) is -0.141. The zero-order valence-corrected chi connectivity index (χ0v) is 47.2. The topological polar surface area (TPSA) is 411 Å². The summed E-state index contributed by atoms with van der Waals surface area (Å²) in [6.45, 7) is 5.40. The molecule has 8 rings (SSSR count). The second kappa shape index (κ2) is 29.0. The molecule has 0 spiro atoms. The minimum absolute atomic E-state index is 0.0121. The predicted molar refractivity (Wildman–Crippen MR) is 313 cm³/mol. The maximum atomic E-state index is 12.5. The molecule has 0 bridgehead atoms. The number of nitro groups is 3. The standard InChI is InChI=1S/C14H15N3.C13H10F3NO2S.C12H10N4O2.C8H10N2O4S.C7H8N2O4S/c1-10-9-14(11(2)8-13(10)15)17-16-12-6-4-3-5-7-12;14-13(15,16)9-6-7-12(11(17)8-9)20(18,19)10-4-2-1-3-5-10;13-11-7-6-10(8-12(11)16(17)18)15-14-9-4-2-1-3-5-9;1-2-15(13,14)8-5-6(10(11)12)3-4-7(8)9;1-14(12,13)7-4-5(9(10)11)2-3-6(7)8/h3-9H,15H2,1-2H3;1-8H,17H2;1-8H,13H2;3-5H,2,9H2,1H3;2-4H,8H2,1H3. The van der Waals surface area contributed by atoms with Crippen LogP contribution in [0.1, 0.15) is 23.6 Å². The number of non-ortho nitro benzene ring substituents is 2. The third kappa shape index (κ3) is 19.2. The van der Waals surface area contributed by atoms with Crippen LogP contribution >= 0.6 is 0 Å². The molecule has 0 fully saturated rings. The molecule has 10 N–H and O–H groups in total. The van der Waals surface area contributed by atoms with Crippen molar-refractivity contribution in [3.05, 3.63) is 223 Å².